The van der Waals surface area contributed by atoms with Gasteiger partial charge in [-0.2, -0.15) is 0 Å². The zero-order valence-corrected chi connectivity index (χ0v) is 13.0. The minimum absolute atomic E-state index is 0.133. The van der Waals surface area contributed by atoms with Crippen LogP contribution in [0, 0.1) is 6.92 Å². The molecule has 5 heteroatoms. The Morgan fingerprint density at radius 1 is 1.30 bits per heavy atom. The number of hydrogen-bond acceptors (Lipinski definition) is 5. The van der Waals surface area contributed by atoms with Crippen LogP contribution in [0.2, 0.25) is 0 Å². The molecule has 0 amide bonds. The quantitative estimate of drug-likeness (QED) is 0.850. The molecule has 1 atom stereocenters. The number of pyridine rings is 1. The van der Waals surface area contributed by atoms with E-state index in [4.69, 9.17) is 4.74 Å². The van der Waals surface area contributed by atoms with Crippen LogP contribution in [0.4, 0.5) is 0 Å². The minimum Gasteiger partial charge on any atom is -0.492 e. The van der Waals surface area contributed by atoms with Crippen molar-refractivity contribution in [3.8, 4) is 5.75 Å². The molecule has 0 aliphatic rings. The van der Waals surface area contributed by atoms with Gasteiger partial charge in [0.25, 0.3) is 0 Å². The molecule has 2 rings (SSSR count). The molecule has 0 bridgehead atoms. The van der Waals surface area contributed by atoms with Gasteiger partial charge in [-0.15, -0.1) is 11.3 Å². The molecule has 0 saturated carbocycles. The van der Waals surface area contributed by atoms with Crippen molar-refractivity contribution in [3.05, 3.63) is 40.1 Å². The summed E-state index contributed by atoms with van der Waals surface area (Å²) < 4.78 is 5.54. The molecule has 20 heavy (non-hydrogen) atoms. The van der Waals surface area contributed by atoms with Crippen molar-refractivity contribution >= 4 is 11.3 Å². The summed E-state index contributed by atoms with van der Waals surface area (Å²) in [5, 5.41) is 4.64. The maximum atomic E-state index is 5.54. The number of nitrogens with zero attached hydrogens (tertiary/aromatic N) is 2. The molecule has 0 aliphatic heterocycles. The summed E-state index contributed by atoms with van der Waals surface area (Å²) in [6.45, 7) is 7.78. The third-order valence-corrected chi connectivity index (χ3v) is 3.88. The Morgan fingerprint density at radius 3 is 2.80 bits per heavy atom. The van der Waals surface area contributed by atoms with E-state index in [-0.39, 0.29) is 6.04 Å². The van der Waals surface area contributed by atoms with E-state index in [2.05, 4.69) is 28.3 Å². The first kappa shape index (κ1) is 14.9. The summed E-state index contributed by atoms with van der Waals surface area (Å²) in [6.07, 6.45) is 6.68. The summed E-state index contributed by atoms with van der Waals surface area (Å²) in [7, 11) is 0. The SMILES string of the molecule is CCCNC(c1cncc(OCC)c1)c1cnc(C)s1. The van der Waals surface area contributed by atoms with Crippen molar-refractivity contribution in [2.24, 2.45) is 0 Å². The lowest BCUT2D eigenvalue weighted by molar-refractivity contribution is 0.338. The maximum absolute atomic E-state index is 5.54. The molecule has 2 aromatic heterocycles. The highest BCUT2D eigenvalue weighted by molar-refractivity contribution is 7.11. The van der Waals surface area contributed by atoms with Crippen molar-refractivity contribution in [1.82, 2.24) is 15.3 Å². The van der Waals surface area contributed by atoms with Gasteiger partial charge < -0.3 is 10.1 Å². The maximum Gasteiger partial charge on any atom is 0.137 e. The van der Waals surface area contributed by atoms with E-state index in [9.17, 15) is 0 Å². The molecule has 0 radical (unpaired) electrons. The first-order valence-electron chi connectivity index (χ1n) is 6.98. The molecule has 0 spiro atoms. The Balaban J connectivity index is 2.28. The van der Waals surface area contributed by atoms with Crippen LogP contribution in [0.3, 0.4) is 0 Å². The highest BCUT2D eigenvalue weighted by Crippen LogP contribution is 2.28. The largest absolute Gasteiger partial charge is 0.492 e. The van der Waals surface area contributed by atoms with Gasteiger partial charge in [0.1, 0.15) is 5.75 Å². The third-order valence-electron chi connectivity index (χ3n) is 2.90. The van der Waals surface area contributed by atoms with Gasteiger partial charge >= 0.3 is 0 Å². The lowest BCUT2D eigenvalue weighted by atomic mass is 10.1. The fourth-order valence-corrected chi connectivity index (χ4v) is 2.91. The topological polar surface area (TPSA) is 47.0 Å². The summed E-state index contributed by atoms with van der Waals surface area (Å²) in [5.74, 6) is 0.814. The average molecular weight is 291 g/mol. The summed E-state index contributed by atoms with van der Waals surface area (Å²) >= 11 is 1.72. The zero-order chi connectivity index (χ0) is 14.4. The monoisotopic (exact) mass is 291 g/mol. The standard InChI is InChI=1S/C15H21N3OS/c1-4-6-17-15(14-10-18-11(3)20-14)12-7-13(19-5-2)9-16-8-12/h7-10,15,17H,4-6H2,1-3H3. The number of nitrogens with one attached hydrogen (secondary N) is 1. The van der Waals surface area contributed by atoms with Crippen molar-refractivity contribution < 1.29 is 4.74 Å². The van der Waals surface area contributed by atoms with Gasteiger partial charge in [-0.3, -0.25) is 4.98 Å². The van der Waals surface area contributed by atoms with Crippen molar-refractivity contribution in [2.45, 2.75) is 33.2 Å². The number of hydrogen-bond donors (Lipinski definition) is 1. The van der Waals surface area contributed by atoms with Crippen LogP contribution in [0.15, 0.2) is 24.7 Å². The van der Waals surface area contributed by atoms with Gasteiger partial charge in [0.2, 0.25) is 0 Å². The van der Waals surface area contributed by atoms with E-state index in [1.165, 1.54) is 4.88 Å². The number of aromatic nitrogens is 2. The fourth-order valence-electron chi connectivity index (χ4n) is 2.02. The van der Waals surface area contributed by atoms with Crippen LogP contribution in [0.1, 0.15) is 41.8 Å². The number of thiazole rings is 1. The van der Waals surface area contributed by atoms with E-state index in [1.54, 1.807) is 17.5 Å². The van der Waals surface area contributed by atoms with E-state index in [0.29, 0.717) is 6.61 Å². The molecule has 2 heterocycles. The van der Waals surface area contributed by atoms with Crippen LogP contribution in [0.25, 0.3) is 0 Å². The zero-order valence-electron chi connectivity index (χ0n) is 12.2. The Morgan fingerprint density at radius 2 is 2.15 bits per heavy atom. The predicted octanol–water partition coefficient (Wildman–Crippen LogP) is 3.33. The smallest absolute Gasteiger partial charge is 0.137 e. The van der Waals surface area contributed by atoms with Gasteiger partial charge in [0.15, 0.2) is 0 Å². The van der Waals surface area contributed by atoms with Gasteiger partial charge in [-0.05, 0) is 38.4 Å². The molecule has 0 fully saturated rings. The summed E-state index contributed by atoms with van der Waals surface area (Å²) in [4.78, 5) is 9.85. The molecule has 2 aromatic rings. The molecule has 4 nitrogen and oxygen atoms in total. The summed E-state index contributed by atoms with van der Waals surface area (Å²) in [6, 6.07) is 2.19. The van der Waals surface area contributed by atoms with Crippen molar-refractivity contribution in [1.29, 1.82) is 0 Å². The van der Waals surface area contributed by atoms with Crippen LogP contribution in [-0.2, 0) is 0 Å². The van der Waals surface area contributed by atoms with Gasteiger partial charge in [-0.1, -0.05) is 6.92 Å². The molecule has 0 aromatic carbocycles. The van der Waals surface area contributed by atoms with E-state index in [1.807, 2.05) is 26.2 Å². The van der Waals surface area contributed by atoms with Crippen LogP contribution < -0.4 is 10.1 Å². The van der Waals surface area contributed by atoms with Crippen molar-refractivity contribution in [2.75, 3.05) is 13.2 Å². The Hall–Kier alpha value is -1.46. The predicted molar refractivity (Wildman–Crippen MR) is 82.4 cm³/mol. The first-order valence-corrected chi connectivity index (χ1v) is 7.79. The lowest BCUT2D eigenvalue weighted by Crippen LogP contribution is -2.22. The van der Waals surface area contributed by atoms with Crippen LogP contribution in [0.5, 0.6) is 5.75 Å². The normalized spacial score (nSPS) is 12.3. The molecular formula is C15H21N3OS. The Labute approximate surface area is 124 Å². The Bertz CT molecular complexity index is 541. The fraction of sp³-hybridized carbons (Fsp3) is 0.467. The molecule has 1 unspecified atom stereocenters. The molecule has 108 valence electrons. The molecular weight excluding hydrogens is 270 g/mol. The van der Waals surface area contributed by atoms with E-state index in [0.717, 1.165) is 29.3 Å². The second kappa shape index (κ2) is 7.36. The molecule has 1 N–H and O–H groups in total. The number of aryl methyl sites for hydroxylation is 1. The van der Waals surface area contributed by atoms with Crippen LogP contribution in [-0.4, -0.2) is 23.1 Å². The van der Waals surface area contributed by atoms with Gasteiger partial charge in [0.05, 0.1) is 23.9 Å². The second-order valence-corrected chi connectivity index (χ2v) is 5.82. The summed E-state index contributed by atoms with van der Waals surface area (Å²) in [5.41, 5.74) is 1.12. The van der Waals surface area contributed by atoms with Crippen molar-refractivity contribution in [3.63, 3.8) is 0 Å². The second-order valence-electron chi connectivity index (χ2n) is 4.56. The highest BCUT2D eigenvalue weighted by Gasteiger charge is 2.17. The van der Waals surface area contributed by atoms with Crippen LogP contribution >= 0.6 is 11.3 Å². The highest BCUT2D eigenvalue weighted by atomic mass is 32.1. The number of rotatable bonds is 7. The average Bonchev–Trinajstić information content (AvgIpc) is 2.87. The van der Waals surface area contributed by atoms with Gasteiger partial charge in [-0.25, -0.2) is 4.98 Å². The Kier molecular flexibility index (Phi) is 5.49. The minimum atomic E-state index is 0.133. The first-order chi connectivity index (χ1) is 9.74. The van der Waals surface area contributed by atoms with Gasteiger partial charge in [0, 0.05) is 17.3 Å². The number of ether oxygens (including phenoxy) is 1. The van der Waals surface area contributed by atoms with E-state index >= 15 is 0 Å². The molecule has 0 aliphatic carbocycles. The van der Waals surface area contributed by atoms with E-state index < -0.39 is 0 Å². The lowest BCUT2D eigenvalue weighted by Gasteiger charge is -2.17. The third kappa shape index (κ3) is 3.77. The molecule has 0 saturated heterocycles.